The van der Waals surface area contributed by atoms with E-state index in [1.807, 2.05) is 6.92 Å². The molecule has 1 aromatic carbocycles. The summed E-state index contributed by atoms with van der Waals surface area (Å²) in [4.78, 5) is 43.8. The summed E-state index contributed by atoms with van der Waals surface area (Å²) in [7, 11) is 0. The number of aliphatic hydroxyl groups excluding tert-OH is 1. The number of ether oxygens (including phenoxy) is 1. The van der Waals surface area contributed by atoms with E-state index in [0.29, 0.717) is 28.4 Å². The van der Waals surface area contributed by atoms with Gasteiger partial charge in [-0.3, -0.25) is 14.4 Å². The summed E-state index contributed by atoms with van der Waals surface area (Å²) in [6.07, 6.45) is 1.57. The summed E-state index contributed by atoms with van der Waals surface area (Å²) in [6.45, 7) is 7.22. The number of carbonyl (C=O) groups is 3. The molecule has 2 aromatic rings. The van der Waals surface area contributed by atoms with Crippen molar-refractivity contribution in [2.75, 3.05) is 6.54 Å². The molecule has 30 heavy (non-hydrogen) atoms. The van der Waals surface area contributed by atoms with Crippen LogP contribution in [0.2, 0.25) is 0 Å². The SMILES string of the molecule is CCCCN1C(=O)C(O)=C(C(=O)c2sc(C)nc2C)C1c1cccc(OC(C)=O)c1. The highest BCUT2D eigenvalue weighted by atomic mass is 32.1. The van der Waals surface area contributed by atoms with Crippen LogP contribution in [-0.4, -0.2) is 39.2 Å². The van der Waals surface area contributed by atoms with Crippen molar-refractivity contribution in [1.29, 1.82) is 0 Å². The van der Waals surface area contributed by atoms with E-state index in [9.17, 15) is 19.5 Å². The molecule has 1 atom stereocenters. The molecule has 0 saturated heterocycles. The van der Waals surface area contributed by atoms with Crippen LogP contribution in [0.15, 0.2) is 35.6 Å². The number of nitrogens with zero attached hydrogens (tertiary/aromatic N) is 2. The Labute approximate surface area is 179 Å². The monoisotopic (exact) mass is 428 g/mol. The van der Waals surface area contributed by atoms with Crippen molar-refractivity contribution in [1.82, 2.24) is 9.88 Å². The summed E-state index contributed by atoms with van der Waals surface area (Å²) in [5.74, 6) is -1.68. The van der Waals surface area contributed by atoms with E-state index in [1.54, 1.807) is 38.1 Å². The zero-order chi connectivity index (χ0) is 22.0. The standard InChI is InChI=1S/C22H24N2O5S/c1-5-6-10-24-18(15-8-7-9-16(11-15)29-14(4)25)17(20(27)22(24)28)19(26)21-12(2)23-13(3)30-21/h7-9,11,18,27H,5-6,10H2,1-4H3. The van der Waals surface area contributed by atoms with Crippen LogP contribution in [0.3, 0.4) is 0 Å². The van der Waals surface area contributed by atoms with Gasteiger partial charge in [0, 0.05) is 13.5 Å². The third-order valence-corrected chi connectivity index (χ3v) is 5.92. The Morgan fingerprint density at radius 1 is 1.30 bits per heavy atom. The molecule has 1 amide bonds. The van der Waals surface area contributed by atoms with Crippen molar-refractivity contribution in [2.24, 2.45) is 0 Å². The second kappa shape index (κ2) is 8.79. The predicted molar refractivity (Wildman–Crippen MR) is 113 cm³/mol. The number of rotatable bonds is 7. The first kappa shape index (κ1) is 21.7. The van der Waals surface area contributed by atoms with Crippen LogP contribution >= 0.6 is 11.3 Å². The summed E-state index contributed by atoms with van der Waals surface area (Å²) in [5, 5.41) is 11.4. The van der Waals surface area contributed by atoms with Gasteiger partial charge in [0.05, 0.1) is 27.2 Å². The van der Waals surface area contributed by atoms with Crippen molar-refractivity contribution in [2.45, 2.75) is 46.6 Å². The van der Waals surface area contributed by atoms with Crippen LogP contribution in [0.25, 0.3) is 0 Å². The molecule has 3 rings (SSSR count). The molecule has 1 unspecified atom stereocenters. The number of benzene rings is 1. The highest BCUT2D eigenvalue weighted by Gasteiger charge is 2.44. The average molecular weight is 429 g/mol. The molecule has 1 aliphatic rings. The van der Waals surface area contributed by atoms with Gasteiger partial charge in [-0.05, 0) is 38.0 Å². The normalized spacial score (nSPS) is 16.3. The predicted octanol–water partition coefficient (Wildman–Crippen LogP) is 4.06. The Hall–Kier alpha value is -3.00. The second-order valence-corrected chi connectivity index (χ2v) is 8.36. The molecule has 1 aromatic heterocycles. The van der Waals surface area contributed by atoms with Crippen molar-refractivity contribution < 1.29 is 24.2 Å². The number of aromatic nitrogens is 1. The number of ketones is 1. The number of hydrogen-bond acceptors (Lipinski definition) is 7. The summed E-state index contributed by atoms with van der Waals surface area (Å²) < 4.78 is 5.17. The number of amides is 1. The van der Waals surface area contributed by atoms with E-state index < -0.39 is 29.5 Å². The van der Waals surface area contributed by atoms with Crippen molar-refractivity contribution in [3.8, 4) is 5.75 Å². The quantitative estimate of drug-likeness (QED) is 0.406. The summed E-state index contributed by atoms with van der Waals surface area (Å²) >= 11 is 1.24. The van der Waals surface area contributed by atoms with Crippen LogP contribution in [0.4, 0.5) is 0 Å². The van der Waals surface area contributed by atoms with Gasteiger partial charge in [0.25, 0.3) is 5.91 Å². The van der Waals surface area contributed by atoms with Gasteiger partial charge < -0.3 is 14.7 Å². The van der Waals surface area contributed by atoms with Gasteiger partial charge >= 0.3 is 5.97 Å². The zero-order valence-corrected chi connectivity index (χ0v) is 18.2. The number of aryl methyl sites for hydroxylation is 2. The van der Waals surface area contributed by atoms with Crippen LogP contribution in [-0.2, 0) is 9.59 Å². The molecule has 2 heterocycles. The molecule has 0 spiro atoms. The first-order chi connectivity index (χ1) is 14.2. The minimum atomic E-state index is -0.770. The maximum atomic E-state index is 13.4. The molecule has 0 saturated carbocycles. The maximum Gasteiger partial charge on any atom is 0.308 e. The second-order valence-electron chi connectivity index (χ2n) is 7.16. The van der Waals surface area contributed by atoms with Crippen molar-refractivity contribution in [3.05, 3.63) is 56.7 Å². The van der Waals surface area contributed by atoms with Crippen LogP contribution in [0.1, 0.15) is 58.7 Å². The molecular formula is C22H24N2O5S. The average Bonchev–Trinajstić information content (AvgIpc) is 3.15. The summed E-state index contributed by atoms with van der Waals surface area (Å²) in [5.41, 5.74) is 1.18. The third kappa shape index (κ3) is 4.14. The summed E-state index contributed by atoms with van der Waals surface area (Å²) in [6, 6.07) is 5.92. The van der Waals surface area contributed by atoms with E-state index in [1.165, 1.54) is 23.2 Å². The molecular weight excluding hydrogens is 404 g/mol. The van der Waals surface area contributed by atoms with Gasteiger partial charge in [-0.2, -0.15) is 0 Å². The number of aliphatic hydroxyl groups is 1. The van der Waals surface area contributed by atoms with E-state index in [-0.39, 0.29) is 5.57 Å². The van der Waals surface area contributed by atoms with Gasteiger partial charge in [-0.25, -0.2) is 4.98 Å². The van der Waals surface area contributed by atoms with Crippen molar-refractivity contribution >= 4 is 29.0 Å². The molecule has 7 nitrogen and oxygen atoms in total. The maximum absolute atomic E-state index is 13.4. The number of Topliss-reactive ketones (excluding diaryl/α,β-unsaturated/α-hetero) is 1. The van der Waals surface area contributed by atoms with E-state index >= 15 is 0 Å². The minimum absolute atomic E-state index is 0.0304. The largest absolute Gasteiger partial charge is 0.503 e. The van der Waals surface area contributed by atoms with E-state index in [2.05, 4.69) is 4.98 Å². The zero-order valence-electron chi connectivity index (χ0n) is 17.4. The molecule has 8 heteroatoms. The minimum Gasteiger partial charge on any atom is -0.503 e. The van der Waals surface area contributed by atoms with Gasteiger partial charge in [0.1, 0.15) is 5.75 Å². The first-order valence-corrected chi connectivity index (χ1v) is 10.6. The molecule has 1 N–H and O–H groups in total. The Kier molecular flexibility index (Phi) is 6.36. The number of esters is 1. The Morgan fingerprint density at radius 2 is 2.03 bits per heavy atom. The van der Waals surface area contributed by atoms with Gasteiger partial charge in [-0.1, -0.05) is 25.5 Å². The smallest absolute Gasteiger partial charge is 0.308 e. The Bertz CT molecular complexity index is 1040. The van der Waals surface area contributed by atoms with Gasteiger partial charge in [0.15, 0.2) is 5.76 Å². The molecule has 0 bridgehead atoms. The highest BCUT2D eigenvalue weighted by molar-refractivity contribution is 7.14. The Balaban J connectivity index is 2.10. The number of unbranched alkanes of at least 4 members (excludes halogenated alkanes) is 1. The fourth-order valence-electron chi connectivity index (χ4n) is 3.57. The van der Waals surface area contributed by atoms with Crippen LogP contribution in [0.5, 0.6) is 5.75 Å². The number of thiazole rings is 1. The number of carbonyl (C=O) groups excluding carboxylic acids is 3. The Morgan fingerprint density at radius 3 is 2.63 bits per heavy atom. The molecule has 1 aliphatic heterocycles. The highest BCUT2D eigenvalue weighted by Crippen LogP contribution is 2.41. The molecule has 0 radical (unpaired) electrons. The lowest BCUT2D eigenvalue weighted by Gasteiger charge is -2.27. The fraction of sp³-hybridized carbons (Fsp3) is 0.364. The fourth-order valence-corrected chi connectivity index (χ4v) is 4.44. The topological polar surface area (TPSA) is 96.8 Å². The first-order valence-electron chi connectivity index (χ1n) is 9.75. The van der Waals surface area contributed by atoms with Crippen LogP contribution in [0, 0.1) is 13.8 Å². The lowest BCUT2D eigenvalue weighted by molar-refractivity contribution is -0.132. The lowest BCUT2D eigenvalue weighted by atomic mass is 9.94. The lowest BCUT2D eigenvalue weighted by Crippen LogP contribution is -2.32. The molecule has 0 aliphatic carbocycles. The van der Waals surface area contributed by atoms with Gasteiger partial charge in [-0.15, -0.1) is 11.3 Å². The van der Waals surface area contributed by atoms with Crippen LogP contribution < -0.4 is 4.74 Å². The van der Waals surface area contributed by atoms with E-state index in [0.717, 1.165) is 17.8 Å². The molecule has 158 valence electrons. The third-order valence-electron chi connectivity index (χ3n) is 4.85. The van der Waals surface area contributed by atoms with Gasteiger partial charge in [0.2, 0.25) is 5.78 Å². The number of hydrogen-bond donors (Lipinski definition) is 1. The molecule has 0 fully saturated rings. The van der Waals surface area contributed by atoms with E-state index in [4.69, 9.17) is 4.74 Å². The van der Waals surface area contributed by atoms with Crippen molar-refractivity contribution in [3.63, 3.8) is 0 Å².